The summed E-state index contributed by atoms with van der Waals surface area (Å²) in [6.07, 6.45) is 4.61. The van der Waals surface area contributed by atoms with Crippen LogP contribution < -0.4 is 5.73 Å². The van der Waals surface area contributed by atoms with Crippen LogP contribution in [-0.4, -0.2) is 12.8 Å². The molecule has 1 nitrogen and oxygen atoms in total. The molecule has 0 radical (unpaired) electrons. The van der Waals surface area contributed by atoms with Gasteiger partial charge in [0, 0.05) is 21.3 Å². The Kier molecular flexibility index (Phi) is 2.91. The smallest absolute Gasteiger partial charge is 0.0179 e. The lowest BCUT2D eigenvalue weighted by Gasteiger charge is -2.16. The molecule has 1 aliphatic rings. The topological polar surface area (TPSA) is 26.0 Å². The number of hydrogen-bond donors (Lipinski definition) is 1. The van der Waals surface area contributed by atoms with E-state index < -0.39 is 0 Å². The van der Waals surface area contributed by atoms with E-state index in [-0.39, 0.29) is 0 Å². The molecule has 1 aromatic rings. The van der Waals surface area contributed by atoms with E-state index in [0.717, 1.165) is 11.0 Å². The van der Waals surface area contributed by atoms with Crippen molar-refractivity contribution >= 4 is 27.7 Å². The average molecular weight is 272 g/mol. The number of nitrogens with two attached hydrogens (primary N) is 1. The Balaban J connectivity index is 2.44. The fraction of sp³-hybridized carbons (Fsp3) is 0.455. The minimum absolute atomic E-state index is 0.294. The third-order valence-electron chi connectivity index (χ3n) is 2.98. The summed E-state index contributed by atoms with van der Waals surface area (Å²) in [5, 5.41) is 0. The second-order valence-electron chi connectivity index (χ2n) is 3.83. The Hall–Kier alpha value is 0.01000. The summed E-state index contributed by atoms with van der Waals surface area (Å²) >= 11 is 5.33. The van der Waals surface area contributed by atoms with Gasteiger partial charge in [0.25, 0.3) is 0 Å². The molecular formula is C11H14BrNS. The maximum absolute atomic E-state index is 5.85. The van der Waals surface area contributed by atoms with Crippen LogP contribution >= 0.6 is 27.7 Å². The van der Waals surface area contributed by atoms with E-state index in [4.69, 9.17) is 5.73 Å². The summed E-state index contributed by atoms with van der Waals surface area (Å²) in [5.41, 5.74) is 7.58. The predicted octanol–water partition coefficient (Wildman–Crippen LogP) is 3.16. The average Bonchev–Trinajstić information content (AvgIpc) is 2.98. The van der Waals surface area contributed by atoms with E-state index >= 15 is 0 Å². The first kappa shape index (κ1) is 10.5. The van der Waals surface area contributed by atoms with E-state index in [1.165, 1.54) is 23.3 Å². The molecule has 0 atom stereocenters. The first-order chi connectivity index (χ1) is 6.72. The molecule has 0 unspecified atom stereocenters. The van der Waals surface area contributed by atoms with Crippen LogP contribution in [0.1, 0.15) is 18.4 Å². The Morgan fingerprint density at radius 2 is 2.21 bits per heavy atom. The standard InChI is InChI=1S/C11H14BrNS/c1-14-10-3-2-8(12)6-9(10)11(7-13)4-5-11/h2-3,6H,4-5,7,13H2,1H3. The fourth-order valence-corrected chi connectivity index (χ4v) is 2.89. The zero-order valence-electron chi connectivity index (χ0n) is 8.22. The van der Waals surface area contributed by atoms with Crippen LogP contribution in [0.2, 0.25) is 0 Å². The number of halogens is 1. The molecule has 0 spiro atoms. The Labute approximate surface area is 97.6 Å². The predicted molar refractivity (Wildman–Crippen MR) is 65.9 cm³/mol. The summed E-state index contributed by atoms with van der Waals surface area (Å²) < 4.78 is 1.16. The van der Waals surface area contributed by atoms with Gasteiger partial charge in [-0.05, 0) is 42.9 Å². The van der Waals surface area contributed by atoms with Crippen LogP contribution in [0, 0.1) is 0 Å². The molecule has 1 aliphatic carbocycles. The number of thioether (sulfide) groups is 1. The minimum atomic E-state index is 0.294. The summed E-state index contributed by atoms with van der Waals surface area (Å²) in [6, 6.07) is 6.51. The molecule has 76 valence electrons. The van der Waals surface area contributed by atoms with E-state index in [1.54, 1.807) is 0 Å². The van der Waals surface area contributed by atoms with Gasteiger partial charge in [0.1, 0.15) is 0 Å². The van der Waals surface area contributed by atoms with Gasteiger partial charge in [0.15, 0.2) is 0 Å². The third-order valence-corrected chi connectivity index (χ3v) is 4.27. The molecule has 0 aliphatic heterocycles. The first-order valence-electron chi connectivity index (χ1n) is 4.76. The number of benzene rings is 1. The van der Waals surface area contributed by atoms with Gasteiger partial charge >= 0.3 is 0 Å². The summed E-state index contributed by atoms with van der Waals surface area (Å²) in [7, 11) is 0. The fourth-order valence-electron chi connectivity index (χ4n) is 1.83. The van der Waals surface area contributed by atoms with Gasteiger partial charge in [0.2, 0.25) is 0 Å². The molecule has 0 aromatic heterocycles. The highest BCUT2D eigenvalue weighted by molar-refractivity contribution is 9.10. The molecule has 14 heavy (non-hydrogen) atoms. The van der Waals surface area contributed by atoms with E-state index in [9.17, 15) is 0 Å². The molecule has 0 bridgehead atoms. The quantitative estimate of drug-likeness (QED) is 0.855. The van der Waals surface area contributed by atoms with Gasteiger partial charge in [-0.3, -0.25) is 0 Å². The molecule has 3 heteroatoms. The summed E-state index contributed by atoms with van der Waals surface area (Å²) in [4.78, 5) is 1.37. The van der Waals surface area contributed by atoms with Crippen molar-refractivity contribution in [2.75, 3.05) is 12.8 Å². The van der Waals surface area contributed by atoms with Crippen LogP contribution in [0.4, 0.5) is 0 Å². The minimum Gasteiger partial charge on any atom is -0.330 e. The maximum atomic E-state index is 5.85. The van der Waals surface area contributed by atoms with Crippen molar-refractivity contribution in [3.8, 4) is 0 Å². The van der Waals surface area contributed by atoms with E-state index in [2.05, 4.69) is 40.4 Å². The molecule has 1 aromatic carbocycles. The normalized spacial score (nSPS) is 18.2. The van der Waals surface area contributed by atoms with E-state index in [1.807, 2.05) is 11.8 Å². The molecule has 2 rings (SSSR count). The lowest BCUT2D eigenvalue weighted by atomic mass is 9.96. The highest BCUT2D eigenvalue weighted by atomic mass is 79.9. The van der Waals surface area contributed by atoms with Crippen LogP contribution in [0.5, 0.6) is 0 Å². The van der Waals surface area contributed by atoms with Crippen LogP contribution in [0.25, 0.3) is 0 Å². The summed E-state index contributed by atoms with van der Waals surface area (Å²) in [6.45, 7) is 0.775. The van der Waals surface area contributed by atoms with Crippen molar-refractivity contribution in [1.82, 2.24) is 0 Å². The summed E-state index contributed by atoms with van der Waals surface area (Å²) in [5.74, 6) is 0. The molecule has 2 N–H and O–H groups in total. The SMILES string of the molecule is CSc1ccc(Br)cc1C1(CN)CC1. The lowest BCUT2D eigenvalue weighted by molar-refractivity contribution is 0.689. The third kappa shape index (κ3) is 1.73. The van der Waals surface area contributed by atoms with E-state index in [0.29, 0.717) is 5.41 Å². The molecule has 0 amide bonds. The van der Waals surface area contributed by atoms with Crippen molar-refractivity contribution in [2.45, 2.75) is 23.2 Å². The van der Waals surface area contributed by atoms with Gasteiger partial charge in [-0.1, -0.05) is 15.9 Å². The highest BCUT2D eigenvalue weighted by Crippen LogP contribution is 2.50. The Morgan fingerprint density at radius 1 is 1.50 bits per heavy atom. The Morgan fingerprint density at radius 3 is 2.71 bits per heavy atom. The maximum Gasteiger partial charge on any atom is 0.0179 e. The monoisotopic (exact) mass is 271 g/mol. The van der Waals surface area contributed by atoms with Crippen molar-refractivity contribution in [1.29, 1.82) is 0 Å². The largest absolute Gasteiger partial charge is 0.330 e. The molecule has 0 heterocycles. The van der Waals surface area contributed by atoms with Gasteiger partial charge in [-0.25, -0.2) is 0 Å². The van der Waals surface area contributed by atoms with Gasteiger partial charge in [-0.15, -0.1) is 11.8 Å². The highest BCUT2D eigenvalue weighted by Gasteiger charge is 2.44. The lowest BCUT2D eigenvalue weighted by Crippen LogP contribution is -2.20. The van der Waals surface area contributed by atoms with Gasteiger partial charge in [0.05, 0.1) is 0 Å². The van der Waals surface area contributed by atoms with Crippen LogP contribution in [0.3, 0.4) is 0 Å². The molecule has 1 saturated carbocycles. The van der Waals surface area contributed by atoms with Crippen molar-refractivity contribution < 1.29 is 0 Å². The molecule has 1 fully saturated rings. The van der Waals surface area contributed by atoms with Crippen LogP contribution in [0.15, 0.2) is 27.6 Å². The molecule has 0 saturated heterocycles. The zero-order chi connectivity index (χ0) is 10.2. The second-order valence-corrected chi connectivity index (χ2v) is 5.59. The molecular weight excluding hydrogens is 258 g/mol. The van der Waals surface area contributed by atoms with Gasteiger partial charge in [-0.2, -0.15) is 0 Å². The second kappa shape index (κ2) is 3.87. The number of hydrogen-bond acceptors (Lipinski definition) is 2. The Bertz CT molecular complexity index is 347. The first-order valence-corrected chi connectivity index (χ1v) is 6.78. The van der Waals surface area contributed by atoms with Crippen molar-refractivity contribution in [3.05, 3.63) is 28.2 Å². The van der Waals surface area contributed by atoms with Gasteiger partial charge < -0.3 is 5.73 Å². The number of rotatable bonds is 3. The van der Waals surface area contributed by atoms with Crippen molar-refractivity contribution in [3.63, 3.8) is 0 Å². The van der Waals surface area contributed by atoms with Crippen molar-refractivity contribution in [2.24, 2.45) is 5.73 Å². The van der Waals surface area contributed by atoms with Crippen LogP contribution in [-0.2, 0) is 5.41 Å². The zero-order valence-corrected chi connectivity index (χ0v) is 10.6.